The summed E-state index contributed by atoms with van der Waals surface area (Å²) >= 11 is 0. The number of nitrogens with zero attached hydrogens (tertiary/aromatic N) is 1. The van der Waals surface area contributed by atoms with Crippen LogP contribution in [0.25, 0.3) is 0 Å². The topological polar surface area (TPSA) is 35.2 Å². The summed E-state index contributed by atoms with van der Waals surface area (Å²) in [4.78, 5) is 0. The molecule has 12 heavy (non-hydrogen) atoms. The molecule has 74 valence electrons. The highest BCUT2D eigenvalue weighted by atomic mass is 31.1. The summed E-state index contributed by atoms with van der Waals surface area (Å²) in [6, 6.07) is 0. The van der Waals surface area contributed by atoms with E-state index in [0.29, 0.717) is 0 Å². The summed E-state index contributed by atoms with van der Waals surface area (Å²) in [5.41, 5.74) is 5.68. The number of quaternary nitrogens is 1. The van der Waals surface area contributed by atoms with E-state index in [0.717, 1.165) is 32.9 Å². The Morgan fingerprint density at radius 2 is 2.00 bits per heavy atom. The minimum absolute atomic E-state index is 0.178. The highest BCUT2D eigenvalue weighted by molar-refractivity contribution is 7.33. The molecule has 0 amide bonds. The molecule has 0 aromatic heterocycles. The minimum Gasteiger partial charge on any atom is -0.552 e. The van der Waals surface area contributed by atoms with Crippen LogP contribution in [0.15, 0.2) is 0 Å². The lowest BCUT2D eigenvalue weighted by Gasteiger charge is -2.29. The van der Waals surface area contributed by atoms with Gasteiger partial charge in [-0.2, -0.15) is 0 Å². The Labute approximate surface area is 77.7 Å². The maximum atomic E-state index is 5.68. The third-order valence-electron chi connectivity index (χ3n) is 1.48. The van der Waals surface area contributed by atoms with E-state index in [1.54, 1.807) is 0 Å². The smallest absolute Gasteiger partial charge is 0.0989 e. The lowest BCUT2D eigenvalue weighted by Crippen LogP contribution is -2.37. The van der Waals surface area contributed by atoms with Gasteiger partial charge in [-0.15, -0.1) is 5.78 Å². The van der Waals surface area contributed by atoms with Crippen LogP contribution >= 0.6 is 8.81 Å². The molecule has 1 atom stereocenters. The van der Waals surface area contributed by atoms with Crippen LogP contribution in [0.4, 0.5) is 0 Å². The van der Waals surface area contributed by atoms with Gasteiger partial charge in [0.1, 0.15) is 0 Å². The summed E-state index contributed by atoms with van der Waals surface area (Å²) in [5.74, 6) is 0.178. The minimum atomic E-state index is 0.178. The number of nitrogens with two attached hydrogens (primary N) is 1. The normalized spacial score (nSPS) is 15.8. The predicted octanol–water partition coefficient (Wildman–Crippen LogP) is 1.27. The van der Waals surface area contributed by atoms with Crippen molar-refractivity contribution in [3.05, 3.63) is 0 Å². The molecule has 2 N–H and O–H groups in total. The van der Waals surface area contributed by atoms with Crippen molar-refractivity contribution < 1.29 is 9.01 Å². The number of hydrogen-bond acceptors (Lipinski definition) is 2. The lowest BCUT2D eigenvalue weighted by atomic mass is 10.5. The Bertz CT molecular complexity index is 114. The lowest BCUT2D eigenvalue weighted by molar-refractivity contribution is -0.870. The fourth-order valence-electron chi connectivity index (χ4n) is 0.538. The molecule has 4 heteroatoms. The van der Waals surface area contributed by atoms with Crippen molar-refractivity contribution in [1.29, 1.82) is 0 Å². The van der Waals surface area contributed by atoms with Crippen LogP contribution in [-0.2, 0) is 4.52 Å². The van der Waals surface area contributed by atoms with Crippen LogP contribution in [0.1, 0.15) is 13.3 Å². The maximum absolute atomic E-state index is 5.68. The molecule has 0 aliphatic heterocycles. The number of hydrogen-bond donors (Lipinski definition) is 1. The van der Waals surface area contributed by atoms with E-state index in [9.17, 15) is 0 Å². The maximum Gasteiger partial charge on any atom is 0.0989 e. The van der Waals surface area contributed by atoms with Gasteiger partial charge in [0.15, 0.2) is 0 Å². The molecule has 0 spiro atoms. The summed E-state index contributed by atoms with van der Waals surface area (Å²) in [6.07, 6.45) is 0.978. The third kappa shape index (κ3) is 8.41. The fraction of sp³-hybridized carbons (Fsp3) is 1.00. The highest BCUT2D eigenvalue weighted by Crippen LogP contribution is 2.18. The second kappa shape index (κ2) is 5.87. The van der Waals surface area contributed by atoms with Gasteiger partial charge in [-0.05, 0) is 0 Å². The summed E-state index contributed by atoms with van der Waals surface area (Å²) < 4.78 is 6.34. The predicted molar refractivity (Wildman–Crippen MR) is 54.0 cm³/mol. The van der Waals surface area contributed by atoms with Gasteiger partial charge < -0.3 is 23.5 Å². The van der Waals surface area contributed by atoms with E-state index < -0.39 is 0 Å². The first kappa shape index (κ1) is 12.3. The van der Waals surface area contributed by atoms with Gasteiger partial charge >= 0.3 is 0 Å². The van der Waals surface area contributed by atoms with Gasteiger partial charge in [0.05, 0.1) is 34.3 Å². The Morgan fingerprint density at radius 3 is 2.42 bits per heavy atom. The average molecular weight is 192 g/mol. The molecule has 3 nitrogen and oxygen atoms in total. The van der Waals surface area contributed by atoms with Crippen LogP contribution in [-0.4, -0.2) is 44.6 Å². The average Bonchev–Trinajstić information content (AvgIpc) is 1.96. The van der Waals surface area contributed by atoms with Crippen molar-refractivity contribution in [2.75, 3.05) is 34.3 Å². The first-order valence-electron chi connectivity index (χ1n) is 4.34. The third-order valence-corrected chi connectivity index (χ3v) is 2.45. The molecule has 0 saturated heterocycles. The quantitative estimate of drug-likeness (QED) is 0.391. The van der Waals surface area contributed by atoms with E-state index in [1.165, 1.54) is 0 Å². The zero-order chi connectivity index (χ0) is 9.61. The van der Waals surface area contributed by atoms with Gasteiger partial charge in [0, 0.05) is 0 Å². The monoisotopic (exact) mass is 192 g/mol. The van der Waals surface area contributed by atoms with Crippen LogP contribution in [0.5, 0.6) is 0 Å². The Kier molecular flexibility index (Phi) is 6.02. The van der Waals surface area contributed by atoms with Crippen LogP contribution < -0.4 is 5.73 Å². The molecular formula is C8H21N2OP. The van der Waals surface area contributed by atoms with E-state index in [1.807, 2.05) is 0 Å². The van der Waals surface area contributed by atoms with Crippen molar-refractivity contribution in [3.63, 3.8) is 0 Å². The molecule has 0 fully saturated rings. The number of likely N-dealkylation sites (N-methyl/N-ethyl adjacent to an activating group) is 1. The first-order valence-corrected chi connectivity index (χ1v) is 5.22. The van der Waals surface area contributed by atoms with Crippen LogP contribution in [0, 0.1) is 0 Å². The van der Waals surface area contributed by atoms with Crippen LogP contribution in [0.3, 0.4) is 0 Å². The summed E-state index contributed by atoms with van der Waals surface area (Å²) in [5, 5.41) is 0. The Hall–Kier alpha value is 0.310. The first-order chi connectivity index (χ1) is 5.45. The van der Waals surface area contributed by atoms with Gasteiger partial charge in [-0.1, -0.05) is 13.3 Å². The van der Waals surface area contributed by atoms with Crippen molar-refractivity contribution in [2.45, 2.75) is 19.1 Å². The molecular weight excluding hydrogens is 171 g/mol. The molecule has 0 rings (SSSR count). The Balaban J connectivity index is 3.22. The van der Waals surface area contributed by atoms with E-state index in [4.69, 9.17) is 10.3 Å². The number of rotatable bonds is 6. The molecule has 0 bridgehead atoms. The molecule has 0 aliphatic rings. The molecule has 0 aromatic rings. The second-order valence-electron chi connectivity index (χ2n) is 3.93. The zero-order valence-corrected chi connectivity index (χ0v) is 9.47. The van der Waals surface area contributed by atoms with Crippen molar-refractivity contribution >= 4 is 8.81 Å². The molecule has 0 saturated carbocycles. The molecule has 0 aromatic carbocycles. The van der Waals surface area contributed by atoms with Crippen molar-refractivity contribution in [3.8, 4) is 0 Å². The van der Waals surface area contributed by atoms with Gasteiger partial charge in [-0.3, -0.25) is 0 Å². The van der Waals surface area contributed by atoms with Gasteiger partial charge in [-0.25, -0.2) is 0 Å². The van der Waals surface area contributed by atoms with E-state index in [2.05, 4.69) is 28.1 Å². The fourth-order valence-corrected chi connectivity index (χ4v) is 1.07. The molecule has 0 radical (unpaired) electrons. The summed E-state index contributed by atoms with van der Waals surface area (Å²) in [6.45, 7) is 3.89. The molecule has 0 aliphatic carbocycles. The highest BCUT2D eigenvalue weighted by Gasteiger charge is 2.03. The Morgan fingerprint density at radius 1 is 1.42 bits per heavy atom. The molecule has 1 unspecified atom stereocenters. The van der Waals surface area contributed by atoms with E-state index >= 15 is 0 Å². The van der Waals surface area contributed by atoms with Crippen molar-refractivity contribution in [2.24, 2.45) is 5.73 Å². The van der Waals surface area contributed by atoms with Crippen molar-refractivity contribution in [1.82, 2.24) is 0 Å². The SMILES string of the molecule is CCC(N)[P-]OCC[N+](C)(C)C. The molecule has 0 heterocycles. The van der Waals surface area contributed by atoms with E-state index in [-0.39, 0.29) is 5.78 Å². The summed E-state index contributed by atoms with van der Waals surface area (Å²) in [7, 11) is 7.38. The van der Waals surface area contributed by atoms with Gasteiger partial charge in [0.2, 0.25) is 0 Å². The standard InChI is InChI=1S/C8H21N2OP/c1-5-8(9)12-11-7-6-10(2,3)4/h8H,5-7,9H2,1-4H3. The van der Waals surface area contributed by atoms with Gasteiger partial charge in [0.25, 0.3) is 0 Å². The zero-order valence-electron chi connectivity index (χ0n) is 8.58. The largest absolute Gasteiger partial charge is 0.552 e. The van der Waals surface area contributed by atoms with Crippen LogP contribution in [0.2, 0.25) is 0 Å². The second-order valence-corrected chi connectivity index (χ2v) is 5.06.